The molecule has 1 atom stereocenters. The summed E-state index contributed by atoms with van der Waals surface area (Å²) in [6.07, 6.45) is 6.24. The molecule has 1 fully saturated rings. The van der Waals surface area contributed by atoms with Gasteiger partial charge in [-0.2, -0.15) is 5.10 Å². The largest absolute Gasteiger partial charge is 0.330 e. The number of H-pyrrole nitrogens is 1. The van der Waals surface area contributed by atoms with Crippen molar-refractivity contribution in [1.29, 1.82) is 0 Å². The van der Waals surface area contributed by atoms with Crippen molar-refractivity contribution in [2.45, 2.75) is 44.6 Å². The lowest BCUT2D eigenvalue weighted by atomic mass is 9.95. The molecule has 2 heterocycles. The highest BCUT2D eigenvalue weighted by atomic mass is 35.5. The lowest BCUT2D eigenvalue weighted by molar-refractivity contribution is 0.0728. The number of rotatable bonds is 2. The van der Waals surface area contributed by atoms with Crippen LogP contribution in [0.4, 0.5) is 0 Å². The number of amides is 1. The van der Waals surface area contributed by atoms with Crippen LogP contribution < -0.4 is 0 Å². The highest BCUT2D eigenvalue weighted by molar-refractivity contribution is 6.31. The Morgan fingerprint density at radius 1 is 1.22 bits per heavy atom. The number of likely N-dealkylation sites (tertiary alicyclic amines) is 1. The van der Waals surface area contributed by atoms with Crippen LogP contribution in [-0.2, 0) is 12.8 Å². The SMILES string of the molecule is O=C(c1n[nH]c2c1CCCC2)N1CCC[C@H]1c1ccccc1Cl. The van der Waals surface area contributed by atoms with Gasteiger partial charge in [0.2, 0.25) is 0 Å². The van der Waals surface area contributed by atoms with Crippen LogP contribution in [0.3, 0.4) is 0 Å². The first-order valence-electron chi connectivity index (χ1n) is 8.37. The molecule has 120 valence electrons. The molecule has 4 rings (SSSR count). The van der Waals surface area contributed by atoms with Crippen molar-refractivity contribution in [3.8, 4) is 0 Å². The Balaban J connectivity index is 1.65. The minimum Gasteiger partial charge on any atom is -0.330 e. The molecular weight excluding hydrogens is 310 g/mol. The Bertz CT molecular complexity index is 740. The number of nitrogens with one attached hydrogen (secondary N) is 1. The van der Waals surface area contributed by atoms with Crippen molar-refractivity contribution < 1.29 is 4.79 Å². The molecule has 2 aromatic rings. The first-order valence-corrected chi connectivity index (χ1v) is 8.75. The Morgan fingerprint density at radius 2 is 2.04 bits per heavy atom. The normalized spacial score (nSPS) is 20.6. The molecule has 0 unspecified atom stereocenters. The fourth-order valence-electron chi connectivity index (χ4n) is 3.87. The first kappa shape index (κ1) is 14.8. The van der Waals surface area contributed by atoms with Gasteiger partial charge in [0.05, 0.1) is 6.04 Å². The third-order valence-electron chi connectivity index (χ3n) is 5.04. The fraction of sp³-hybridized carbons (Fsp3) is 0.444. The van der Waals surface area contributed by atoms with Crippen molar-refractivity contribution in [2.24, 2.45) is 0 Å². The van der Waals surface area contributed by atoms with Gasteiger partial charge in [0.1, 0.15) is 0 Å². The van der Waals surface area contributed by atoms with Gasteiger partial charge >= 0.3 is 0 Å². The van der Waals surface area contributed by atoms with E-state index in [-0.39, 0.29) is 11.9 Å². The molecule has 0 bridgehead atoms. The zero-order chi connectivity index (χ0) is 15.8. The zero-order valence-corrected chi connectivity index (χ0v) is 13.8. The standard InChI is InChI=1S/C18H20ClN3O/c19-14-8-3-1-6-12(14)16-10-5-11-22(16)18(23)17-13-7-2-4-9-15(13)20-21-17/h1,3,6,8,16H,2,4-5,7,9-11H2,(H,20,21)/t16-/m0/s1. The summed E-state index contributed by atoms with van der Waals surface area (Å²) >= 11 is 6.35. The highest BCUT2D eigenvalue weighted by Crippen LogP contribution is 2.37. The number of hydrogen-bond donors (Lipinski definition) is 1. The van der Waals surface area contributed by atoms with E-state index < -0.39 is 0 Å². The number of fused-ring (bicyclic) bond motifs is 1. The predicted octanol–water partition coefficient (Wildman–Crippen LogP) is 3.92. The summed E-state index contributed by atoms with van der Waals surface area (Å²) in [5.41, 5.74) is 3.95. The summed E-state index contributed by atoms with van der Waals surface area (Å²) < 4.78 is 0. The van der Waals surface area contributed by atoms with Crippen LogP contribution in [0.25, 0.3) is 0 Å². The molecule has 1 N–H and O–H groups in total. The van der Waals surface area contributed by atoms with Gasteiger partial charge < -0.3 is 4.90 Å². The van der Waals surface area contributed by atoms with Gasteiger partial charge in [-0.25, -0.2) is 0 Å². The van der Waals surface area contributed by atoms with Gasteiger partial charge in [0.25, 0.3) is 5.91 Å². The second-order valence-corrected chi connectivity index (χ2v) is 6.82. The summed E-state index contributed by atoms with van der Waals surface area (Å²) in [6.45, 7) is 0.774. The third kappa shape index (κ3) is 2.55. The smallest absolute Gasteiger partial charge is 0.275 e. The molecule has 0 radical (unpaired) electrons. The fourth-order valence-corrected chi connectivity index (χ4v) is 4.13. The van der Waals surface area contributed by atoms with Crippen molar-refractivity contribution in [3.05, 3.63) is 51.8 Å². The summed E-state index contributed by atoms with van der Waals surface area (Å²) in [6, 6.07) is 7.90. The van der Waals surface area contributed by atoms with Crippen LogP contribution in [0, 0.1) is 0 Å². The molecule has 1 aliphatic heterocycles. The van der Waals surface area contributed by atoms with Crippen LogP contribution in [0.5, 0.6) is 0 Å². The summed E-state index contributed by atoms with van der Waals surface area (Å²) in [7, 11) is 0. The van der Waals surface area contributed by atoms with Crippen molar-refractivity contribution in [3.63, 3.8) is 0 Å². The molecular formula is C18H20ClN3O. The van der Waals surface area contributed by atoms with Gasteiger partial charge in [-0.3, -0.25) is 9.89 Å². The first-order chi connectivity index (χ1) is 11.3. The van der Waals surface area contributed by atoms with Crippen LogP contribution in [-0.4, -0.2) is 27.5 Å². The number of hydrogen-bond acceptors (Lipinski definition) is 2. The van der Waals surface area contributed by atoms with E-state index in [2.05, 4.69) is 10.2 Å². The zero-order valence-electron chi connectivity index (χ0n) is 13.0. The summed E-state index contributed by atoms with van der Waals surface area (Å²) in [4.78, 5) is 15.0. The molecule has 1 aliphatic carbocycles. The Labute approximate surface area is 140 Å². The van der Waals surface area contributed by atoms with Crippen molar-refractivity contribution >= 4 is 17.5 Å². The lowest BCUT2D eigenvalue weighted by Crippen LogP contribution is -2.31. The number of aromatic amines is 1. The van der Waals surface area contributed by atoms with Crippen LogP contribution >= 0.6 is 11.6 Å². The van der Waals surface area contributed by atoms with E-state index in [1.165, 1.54) is 6.42 Å². The quantitative estimate of drug-likeness (QED) is 0.907. The average Bonchev–Trinajstić information content (AvgIpc) is 3.22. The molecule has 23 heavy (non-hydrogen) atoms. The maximum absolute atomic E-state index is 13.1. The van der Waals surface area contributed by atoms with Gasteiger partial charge in [-0.15, -0.1) is 0 Å². The van der Waals surface area contributed by atoms with E-state index in [9.17, 15) is 4.79 Å². The van der Waals surface area contributed by atoms with Gasteiger partial charge in [-0.05, 0) is 50.2 Å². The summed E-state index contributed by atoms with van der Waals surface area (Å²) in [5.74, 6) is 0.0480. The minimum atomic E-state index is 0.0480. The molecule has 5 heteroatoms. The van der Waals surface area contributed by atoms with E-state index in [0.29, 0.717) is 5.69 Å². The summed E-state index contributed by atoms with van der Waals surface area (Å²) in [5, 5.41) is 8.15. The second kappa shape index (κ2) is 6.00. The Hall–Kier alpha value is -1.81. The van der Waals surface area contributed by atoms with E-state index in [1.54, 1.807) is 0 Å². The number of halogens is 1. The number of carbonyl (C=O) groups excluding carboxylic acids is 1. The number of benzene rings is 1. The van der Waals surface area contributed by atoms with Gasteiger partial charge in [-0.1, -0.05) is 29.8 Å². The van der Waals surface area contributed by atoms with E-state index >= 15 is 0 Å². The third-order valence-corrected chi connectivity index (χ3v) is 5.38. The maximum atomic E-state index is 13.1. The number of nitrogens with zero attached hydrogens (tertiary/aromatic N) is 2. The monoisotopic (exact) mass is 329 g/mol. The van der Waals surface area contributed by atoms with Crippen molar-refractivity contribution in [2.75, 3.05) is 6.54 Å². The molecule has 1 aromatic heterocycles. The molecule has 0 saturated carbocycles. The van der Waals surface area contributed by atoms with Crippen molar-refractivity contribution in [1.82, 2.24) is 15.1 Å². The van der Waals surface area contributed by atoms with Crippen LogP contribution in [0.1, 0.15) is 59.0 Å². The minimum absolute atomic E-state index is 0.0480. The molecule has 2 aliphatic rings. The van der Waals surface area contributed by atoms with Gasteiger partial charge in [0.15, 0.2) is 5.69 Å². The van der Waals surface area contributed by atoms with E-state index in [0.717, 1.165) is 60.5 Å². The van der Waals surface area contributed by atoms with E-state index in [1.807, 2.05) is 29.2 Å². The van der Waals surface area contributed by atoms with Gasteiger partial charge in [0, 0.05) is 22.8 Å². The topological polar surface area (TPSA) is 49.0 Å². The Morgan fingerprint density at radius 3 is 2.91 bits per heavy atom. The average molecular weight is 330 g/mol. The molecule has 1 aromatic carbocycles. The van der Waals surface area contributed by atoms with E-state index in [4.69, 9.17) is 11.6 Å². The molecule has 0 spiro atoms. The molecule has 1 saturated heterocycles. The highest BCUT2D eigenvalue weighted by Gasteiger charge is 2.34. The molecule has 4 nitrogen and oxygen atoms in total. The van der Waals surface area contributed by atoms with Crippen LogP contribution in [0.2, 0.25) is 5.02 Å². The maximum Gasteiger partial charge on any atom is 0.275 e. The number of carbonyl (C=O) groups is 1. The predicted molar refractivity (Wildman–Crippen MR) is 89.7 cm³/mol. The number of aromatic nitrogens is 2. The second-order valence-electron chi connectivity index (χ2n) is 6.41. The number of aryl methyl sites for hydroxylation is 1. The van der Waals surface area contributed by atoms with Crippen LogP contribution in [0.15, 0.2) is 24.3 Å². The Kier molecular flexibility index (Phi) is 3.85. The molecule has 1 amide bonds. The lowest BCUT2D eigenvalue weighted by Gasteiger charge is -2.25.